The number of thiophene rings is 1. The molecule has 1 saturated heterocycles. The zero-order chi connectivity index (χ0) is 21.9. The Bertz CT molecular complexity index is 1180. The van der Waals surface area contributed by atoms with E-state index in [2.05, 4.69) is 34.3 Å². The van der Waals surface area contributed by atoms with E-state index in [-0.39, 0.29) is 11.7 Å². The zero-order valence-electron chi connectivity index (χ0n) is 17.5. The molecule has 5 rings (SSSR count). The summed E-state index contributed by atoms with van der Waals surface area (Å²) < 4.78 is 15.1. The van der Waals surface area contributed by atoms with Crippen molar-refractivity contribution < 1.29 is 9.18 Å². The minimum absolute atomic E-state index is 0.0519. The van der Waals surface area contributed by atoms with E-state index in [1.165, 1.54) is 17.7 Å². The Kier molecular flexibility index (Phi) is 5.83. The van der Waals surface area contributed by atoms with Gasteiger partial charge in [-0.25, -0.2) is 9.07 Å². The molecule has 0 aliphatic carbocycles. The number of aromatic nitrogens is 2. The summed E-state index contributed by atoms with van der Waals surface area (Å²) in [5.41, 5.74) is 3.19. The largest absolute Gasteiger partial charge is 0.335 e. The highest BCUT2D eigenvalue weighted by molar-refractivity contribution is 7.13. The van der Waals surface area contributed by atoms with Gasteiger partial charge >= 0.3 is 0 Å². The fourth-order valence-electron chi connectivity index (χ4n) is 3.97. The van der Waals surface area contributed by atoms with Gasteiger partial charge in [0.2, 0.25) is 0 Å². The van der Waals surface area contributed by atoms with Gasteiger partial charge in [-0.2, -0.15) is 5.10 Å². The summed E-state index contributed by atoms with van der Waals surface area (Å²) in [6, 6.07) is 22.2. The molecule has 0 saturated carbocycles. The lowest BCUT2D eigenvalue weighted by Gasteiger charge is -2.34. The van der Waals surface area contributed by atoms with Crippen molar-refractivity contribution in [2.45, 2.75) is 6.54 Å². The van der Waals surface area contributed by atoms with Crippen LogP contribution in [0.4, 0.5) is 4.39 Å². The lowest BCUT2D eigenvalue weighted by atomic mass is 10.2. The van der Waals surface area contributed by atoms with Crippen LogP contribution in [0.3, 0.4) is 0 Å². The number of hydrogen-bond acceptors (Lipinski definition) is 4. The van der Waals surface area contributed by atoms with E-state index in [4.69, 9.17) is 0 Å². The van der Waals surface area contributed by atoms with Crippen LogP contribution in [-0.2, 0) is 6.54 Å². The van der Waals surface area contributed by atoms with Gasteiger partial charge < -0.3 is 4.90 Å². The number of carbonyl (C=O) groups is 1. The van der Waals surface area contributed by atoms with Crippen molar-refractivity contribution in [2.24, 2.45) is 0 Å². The molecule has 0 unspecified atom stereocenters. The summed E-state index contributed by atoms with van der Waals surface area (Å²) >= 11 is 1.58. The van der Waals surface area contributed by atoms with E-state index in [0.29, 0.717) is 24.5 Å². The number of rotatable bonds is 5. The maximum atomic E-state index is 13.5. The maximum absolute atomic E-state index is 13.5. The number of benzene rings is 2. The van der Waals surface area contributed by atoms with Gasteiger partial charge in [0.15, 0.2) is 0 Å². The SMILES string of the molecule is O=C(c1cc(-c2cccs2)nn1-c1ccc(F)cc1)N1CCN(Cc2ccccc2)CC1. The number of piperazine rings is 1. The Morgan fingerprint density at radius 3 is 2.38 bits per heavy atom. The predicted octanol–water partition coefficient (Wildman–Crippen LogP) is 4.70. The highest BCUT2D eigenvalue weighted by Gasteiger charge is 2.26. The second-order valence-electron chi connectivity index (χ2n) is 7.83. The number of halogens is 1. The van der Waals surface area contributed by atoms with Crippen molar-refractivity contribution >= 4 is 17.2 Å². The van der Waals surface area contributed by atoms with Crippen molar-refractivity contribution in [1.29, 1.82) is 0 Å². The maximum Gasteiger partial charge on any atom is 0.272 e. The molecule has 7 heteroatoms. The molecule has 2 aromatic carbocycles. The van der Waals surface area contributed by atoms with E-state index in [0.717, 1.165) is 30.2 Å². The molecule has 0 bridgehead atoms. The number of hydrogen-bond donors (Lipinski definition) is 0. The molecule has 0 radical (unpaired) electrons. The van der Waals surface area contributed by atoms with Crippen molar-refractivity contribution in [3.8, 4) is 16.3 Å². The smallest absolute Gasteiger partial charge is 0.272 e. The molecule has 4 aromatic rings. The predicted molar refractivity (Wildman–Crippen MR) is 124 cm³/mol. The van der Waals surface area contributed by atoms with Gasteiger partial charge in [0.05, 0.1) is 10.6 Å². The van der Waals surface area contributed by atoms with Crippen LogP contribution >= 0.6 is 11.3 Å². The minimum atomic E-state index is -0.318. The van der Waals surface area contributed by atoms with E-state index in [9.17, 15) is 9.18 Å². The van der Waals surface area contributed by atoms with E-state index in [1.54, 1.807) is 28.2 Å². The molecule has 162 valence electrons. The molecular formula is C25H23FN4OS. The van der Waals surface area contributed by atoms with Gasteiger partial charge in [0.25, 0.3) is 5.91 Å². The molecule has 5 nitrogen and oxygen atoms in total. The Labute approximate surface area is 190 Å². The fourth-order valence-corrected chi connectivity index (χ4v) is 4.65. The zero-order valence-corrected chi connectivity index (χ0v) is 18.3. The average molecular weight is 447 g/mol. The molecule has 0 N–H and O–H groups in total. The first kappa shape index (κ1) is 20.6. The van der Waals surface area contributed by atoms with Crippen LogP contribution in [0.25, 0.3) is 16.3 Å². The number of nitrogens with zero attached hydrogens (tertiary/aromatic N) is 4. The van der Waals surface area contributed by atoms with Crippen LogP contribution in [-0.4, -0.2) is 51.7 Å². The van der Waals surface area contributed by atoms with Gasteiger partial charge in [-0.15, -0.1) is 11.3 Å². The number of amides is 1. The van der Waals surface area contributed by atoms with Crippen molar-refractivity contribution in [3.05, 3.63) is 95.3 Å². The Hall–Kier alpha value is -3.29. The minimum Gasteiger partial charge on any atom is -0.335 e. The molecule has 2 aromatic heterocycles. The third kappa shape index (κ3) is 4.35. The third-order valence-electron chi connectivity index (χ3n) is 5.68. The van der Waals surface area contributed by atoms with E-state index in [1.807, 2.05) is 34.5 Å². The molecule has 0 spiro atoms. The van der Waals surface area contributed by atoms with Crippen LogP contribution in [0.1, 0.15) is 16.1 Å². The van der Waals surface area contributed by atoms with Crippen LogP contribution in [0.15, 0.2) is 78.2 Å². The molecular weight excluding hydrogens is 423 g/mol. The first-order valence-electron chi connectivity index (χ1n) is 10.6. The molecule has 1 amide bonds. The summed E-state index contributed by atoms with van der Waals surface area (Å²) in [7, 11) is 0. The molecule has 1 aliphatic rings. The summed E-state index contributed by atoms with van der Waals surface area (Å²) in [5.74, 6) is -0.370. The van der Waals surface area contributed by atoms with Crippen molar-refractivity contribution in [3.63, 3.8) is 0 Å². The highest BCUT2D eigenvalue weighted by atomic mass is 32.1. The topological polar surface area (TPSA) is 41.4 Å². The van der Waals surface area contributed by atoms with Gasteiger partial charge in [0, 0.05) is 32.7 Å². The van der Waals surface area contributed by atoms with Gasteiger partial charge in [0.1, 0.15) is 17.2 Å². The van der Waals surface area contributed by atoms with E-state index >= 15 is 0 Å². The summed E-state index contributed by atoms with van der Waals surface area (Å²) in [6.45, 7) is 3.86. The van der Waals surface area contributed by atoms with Crippen LogP contribution in [0, 0.1) is 5.82 Å². The lowest BCUT2D eigenvalue weighted by molar-refractivity contribution is 0.0619. The monoisotopic (exact) mass is 446 g/mol. The Morgan fingerprint density at radius 1 is 0.938 bits per heavy atom. The Balaban J connectivity index is 1.36. The quantitative estimate of drug-likeness (QED) is 0.446. The highest BCUT2D eigenvalue weighted by Crippen LogP contribution is 2.27. The van der Waals surface area contributed by atoms with Crippen LogP contribution < -0.4 is 0 Å². The van der Waals surface area contributed by atoms with Crippen molar-refractivity contribution in [2.75, 3.05) is 26.2 Å². The number of carbonyl (C=O) groups excluding carboxylic acids is 1. The van der Waals surface area contributed by atoms with Crippen LogP contribution in [0.2, 0.25) is 0 Å². The first-order chi connectivity index (χ1) is 15.7. The second kappa shape index (κ2) is 9.06. The fraction of sp³-hybridized carbons (Fsp3) is 0.200. The first-order valence-corrected chi connectivity index (χ1v) is 11.5. The molecule has 32 heavy (non-hydrogen) atoms. The van der Waals surface area contributed by atoms with Gasteiger partial charge in [-0.05, 0) is 47.3 Å². The average Bonchev–Trinajstić information content (AvgIpc) is 3.51. The molecule has 1 fully saturated rings. The summed E-state index contributed by atoms with van der Waals surface area (Å²) in [6.07, 6.45) is 0. The van der Waals surface area contributed by atoms with Gasteiger partial charge in [-0.3, -0.25) is 9.69 Å². The Morgan fingerprint density at radius 2 is 1.69 bits per heavy atom. The molecule has 3 heterocycles. The molecule has 0 atom stereocenters. The van der Waals surface area contributed by atoms with Crippen LogP contribution in [0.5, 0.6) is 0 Å². The van der Waals surface area contributed by atoms with E-state index < -0.39 is 0 Å². The standard InChI is InChI=1S/C25H23FN4OS/c26-20-8-10-21(11-9-20)30-23(17-22(27-30)24-7-4-16-32-24)25(31)29-14-12-28(13-15-29)18-19-5-2-1-3-6-19/h1-11,16-17H,12-15,18H2. The second-order valence-corrected chi connectivity index (χ2v) is 8.78. The van der Waals surface area contributed by atoms with Gasteiger partial charge in [-0.1, -0.05) is 36.4 Å². The summed E-state index contributed by atoms with van der Waals surface area (Å²) in [4.78, 5) is 18.7. The normalized spacial score (nSPS) is 14.6. The third-order valence-corrected chi connectivity index (χ3v) is 6.57. The van der Waals surface area contributed by atoms with Crippen molar-refractivity contribution in [1.82, 2.24) is 19.6 Å². The summed E-state index contributed by atoms with van der Waals surface area (Å²) in [5, 5.41) is 6.67. The lowest BCUT2D eigenvalue weighted by Crippen LogP contribution is -2.48. The molecule has 1 aliphatic heterocycles.